The van der Waals surface area contributed by atoms with Crippen molar-refractivity contribution in [2.24, 2.45) is 0 Å². The molecule has 0 aliphatic carbocycles. The molecule has 0 saturated carbocycles. The Labute approximate surface area is 150 Å². The summed E-state index contributed by atoms with van der Waals surface area (Å²) in [5.74, 6) is 0.847. The van der Waals surface area contributed by atoms with E-state index in [9.17, 15) is 4.79 Å². The minimum Gasteiger partial charge on any atom is -0.487 e. The third kappa shape index (κ3) is 3.55. The first-order chi connectivity index (χ1) is 11.7. The summed E-state index contributed by atoms with van der Waals surface area (Å²) in [5.41, 5.74) is 6.04. The Morgan fingerprint density at radius 3 is 2.44 bits per heavy atom. The monoisotopic (exact) mass is 337 g/mol. The molecule has 1 N–H and O–H groups in total. The van der Waals surface area contributed by atoms with Crippen LogP contribution < -0.4 is 10.1 Å². The highest BCUT2D eigenvalue weighted by Gasteiger charge is 2.34. The standard InChI is InChI=1S/C22H27NO2/c1-13-7-8-20-18(9-13)19(12-22(5,6)25-20)23-21(24)17-11-15(3)14(2)10-16(17)4/h7-11,19H,12H2,1-6H3,(H,23,24)/t19-/m1/s1. The summed E-state index contributed by atoms with van der Waals surface area (Å²) in [6.45, 7) is 12.3. The maximum Gasteiger partial charge on any atom is 0.252 e. The van der Waals surface area contributed by atoms with Crippen molar-refractivity contribution in [2.75, 3.05) is 0 Å². The lowest BCUT2D eigenvalue weighted by atomic mass is 9.88. The number of carbonyl (C=O) groups excluding carboxylic acids is 1. The summed E-state index contributed by atoms with van der Waals surface area (Å²) < 4.78 is 6.10. The highest BCUT2D eigenvalue weighted by molar-refractivity contribution is 5.96. The van der Waals surface area contributed by atoms with Crippen molar-refractivity contribution < 1.29 is 9.53 Å². The van der Waals surface area contributed by atoms with E-state index in [4.69, 9.17) is 4.74 Å². The zero-order valence-corrected chi connectivity index (χ0v) is 16.0. The van der Waals surface area contributed by atoms with E-state index in [0.717, 1.165) is 34.4 Å². The third-order valence-corrected chi connectivity index (χ3v) is 5.01. The summed E-state index contributed by atoms with van der Waals surface area (Å²) >= 11 is 0. The van der Waals surface area contributed by atoms with E-state index in [-0.39, 0.29) is 17.6 Å². The highest BCUT2D eigenvalue weighted by Crippen LogP contribution is 2.40. The van der Waals surface area contributed by atoms with Crippen LogP contribution in [-0.4, -0.2) is 11.5 Å². The van der Waals surface area contributed by atoms with E-state index < -0.39 is 0 Å². The van der Waals surface area contributed by atoms with Gasteiger partial charge in [-0.05, 0) is 70.4 Å². The summed E-state index contributed by atoms with van der Waals surface area (Å²) in [7, 11) is 0. The zero-order chi connectivity index (χ0) is 18.4. The largest absolute Gasteiger partial charge is 0.487 e. The molecule has 1 heterocycles. The van der Waals surface area contributed by atoms with Crippen molar-refractivity contribution in [3.05, 3.63) is 63.7 Å². The lowest BCUT2D eigenvalue weighted by Gasteiger charge is -2.38. The van der Waals surface area contributed by atoms with Crippen molar-refractivity contribution in [2.45, 2.75) is 59.6 Å². The van der Waals surface area contributed by atoms with Crippen LogP contribution in [0, 0.1) is 27.7 Å². The predicted molar refractivity (Wildman–Crippen MR) is 101 cm³/mol. The Morgan fingerprint density at radius 1 is 1.04 bits per heavy atom. The van der Waals surface area contributed by atoms with E-state index in [0.29, 0.717) is 0 Å². The molecule has 0 aromatic heterocycles. The van der Waals surface area contributed by atoms with Gasteiger partial charge in [0.2, 0.25) is 0 Å². The van der Waals surface area contributed by atoms with Gasteiger partial charge in [0.15, 0.2) is 0 Å². The first-order valence-electron chi connectivity index (χ1n) is 8.84. The second kappa shape index (κ2) is 6.21. The van der Waals surface area contributed by atoms with E-state index in [1.165, 1.54) is 11.1 Å². The second-order valence-corrected chi connectivity index (χ2v) is 7.88. The fourth-order valence-corrected chi connectivity index (χ4v) is 3.54. The zero-order valence-electron chi connectivity index (χ0n) is 16.0. The van der Waals surface area contributed by atoms with Crippen LogP contribution in [0.2, 0.25) is 0 Å². The molecule has 0 saturated heterocycles. The minimum absolute atomic E-state index is 0.0178. The Balaban J connectivity index is 1.94. The van der Waals surface area contributed by atoms with Crippen LogP contribution in [-0.2, 0) is 0 Å². The Hall–Kier alpha value is -2.29. The topological polar surface area (TPSA) is 38.3 Å². The number of nitrogens with one attached hydrogen (secondary N) is 1. The molecule has 0 fully saturated rings. The van der Waals surface area contributed by atoms with Crippen LogP contribution in [0.4, 0.5) is 0 Å². The molecular formula is C22H27NO2. The van der Waals surface area contributed by atoms with Crippen LogP contribution in [0.25, 0.3) is 0 Å². The molecule has 1 aliphatic heterocycles. The quantitative estimate of drug-likeness (QED) is 0.842. The summed E-state index contributed by atoms with van der Waals surface area (Å²) in [6.07, 6.45) is 0.749. The molecule has 25 heavy (non-hydrogen) atoms. The van der Waals surface area contributed by atoms with Crippen molar-refractivity contribution in [3.63, 3.8) is 0 Å². The van der Waals surface area contributed by atoms with Crippen LogP contribution in [0.15, 0.2) is 30.3 Å². The summed E-state index contributed by atoms with van der Waals surface area (Å²) in [5, 5.41) is 3.24. The minimum atomic E-state index is -0.307. The van der Waals surface area contributed by atoms with Gasteiger partial charge in [-0.3, -0.25) is 4.79 Å². The maximum atomic E-state index is 13.0. The molecule has 1 atom stereocenters. The third-order valence-electron chi connectivity index (χ3n) is 5.01. The molecule has 2 aromatic carbocycles. The second-order valence-electron chi connectivity index (χ2n) is 7.88. The Kier molecular flexibility index (Phi) is 4.36. The smallest absolute Gasteiger partial charge is 0.252 e. The highest BCUT2D eigenvalue weighted by atomic mass is 16.5. The first kappa shape index (κ1) is 17.5. The number of aryl methyl sites for hydroxylation is 4. The number of benzene rings is 2. The molecule has 1 aliphatic rings. The van der Waals surface area contributed by atoms with E-state index in [2.05, 4.69) is 45.1 Å². The van der Waals surface area contributed by atoms with Gasteiger partial charge in [0, 0.05) is 17.5 Å². The number of hydrogen-bond acceptors (Lipinski definition) is 2. The molecule has 3 rings (SSSR count). The normalized spacial score (nSPS) is 18.2. The van der Waals surface area contributed by atoms with Crippen LogP contribution in [0.1, 0.15) is 64.5 Å². The van der Waals surface area contributed by atoms with Crippen LogP contribution in [0.5, 0.6) is 5.75 Å². The van der Waals surface area contributed by atoms with Gasteiger partial charge in [-0.25, -0.2) is 0 Å². The van der Waals surface area contributed by atoms with Gasteiger partial charge >= 0.3 is 0 Å². The van der Waals surface area contributed by atoms with Crippen LogP contribution >= 0.6 is 0 Å². The number of rotatable bonds is 2. The lowest BCUT2D eigenvalue weighted by molar-refractivity contribution is 0.0619. The molecule has 1 amide bonds. The van der Waals surface area contributed by atoms with Gasteiger partial charge in [-0.1, -0.05) is 23.8 Å². The Bertz CT molecular complexity index is 836. The predicted octanol–water partition coefficient (Wildman–Crippen LogP) is 4.95. The Morgan fingerprint density at radius 2 is 1.72 bits per heavy atom. The van der Waals surface area contributed by atoms with Crippen molar-refractivity contribution in [1.82, 2.24) is 5.32 Å². The van der Waals surface area contributed by atoms with E-state index in [1.807, 2.05) is 32.0 Å². The van der Waals surface area contributed by atoms with Gasteiger partial charge in [-0.15, -0.1) is 0 Å². The van der Waals surface area contributed by atoms with E-state index in [1.54, 1.807) is 0 Å². The average molecular weight is 337 g/mol. The molecule has 3 heteroatoms. The summed E-state index contributed by atoms with van der Waals surface area (Å²) in [6, 6.07) is 10.2. The van der Waals surface area contributed by atoms with Gasteiger partial charge in [-0.2, -0.15) is 0 Å². The molecule has 0 unspecified atom stereocenters. The summed E-state index contributed by atoms with van der Waals surface area (Å²) in [4.78, 5) is 13.0. The fraction of sp³-hybridized carbons (Fsp3) is 0.409. The molecule has 0 radical (unpaired) electrons. The van der Waals surface area contributed by atoms with Crippen LogP contribution in [0.3, 0.4) is 0 Å². The molecule has 2 aromatic rings. The molecule has 0 spiro atoms. The number of amides is 1. The number of ether oxygens (including phenoxy) is 1. The van der Waals surface area contributed by atoms with Gasteiger partial charge in [0.05, 0.1) is 6.04 Å². The maximum absolute atomic E-state index is 13.0. The molecule has 0 bridgehead atoms. The molecular weight excluding hydrogens is 310 g/mol. The van der Waals surface area contributed by atoms with Crippen molar-refractivity contribution in [3.8, 4) is 5.75 Å². The van der Waals surface area contributed by atoms with E-state index >= 15 is 0 Å². The van der Waals surface area contributed by atoms with Gasteiger partial charge in [0.25, 0.3) is 5.91 Å². The molecule has 3 nitrogen and oxygen atoms in total. The number of carbonyl (C=O) groups is 1. The van der Waals surface area contributed by atoms with Crippen molar-refractivity contribution in [1.29, 1.82) is 0 Å². The average Bonchev–Trinajstić information content (AvgIpc) is 2.50. The SMILES string of the molecule is Cc1ccc2c(c1)[C@H](NC(=O)c1cc(C)c(C)cc1C)CC(C)(C)O2. The number of hydrogen-bond donors (Lipinski definition) is 1. The fourth-order valence-electron chi connectivity index (χ4n) is 3.54. The van der Waals surface area contributed by atoms with Gasteiger partial charge in [0.1, 0.15) is 11.4 Å². The lowest BCUT2D eigenvalue weighted by Crippen LogP contribution is -2.41. The van der Waals surface area contributed by atoms with Gasteiger partial charge < -0.3 is 10.1 Å². The van der Waals surface area contributed by atoms with Crippen molar-refractivity contribution >= 4 is 5.91 Å². The molecule has 132 valence electrons. The number of fused-ring (bicyclic) bond motifs is 1. The first-order valence-corrected chi connectivity index (χ1v) is 8.84.